The number of nitrogens with one attached hydrogen (secondary N) is 1. The zero-order valence-corrected chi connectivity index (χ0v) is 18.4. The number of ether oxygens (including phenoxy) is 1. The van der Waals surface area contributed by atoms with Crippen molar-refractivity contribution in [2.45, 2.75) is 26.4 Å². The van der Waals surface area contributed by atoms with E-state index in [0.29, 0.717) is 22.2 Å². The van der Waals surface area contributed by atoms with E-state index in [0.717, 1.165) is 5.56 Å². The Balaban J connectivity index is 1.82. The lowest BCUT2D eigenvalue weighted by Crippen LogP contribution is -2.13. The van der Waals surface area contributed by atoms with Gasteiger partial charge in [0.15, 0.2) is 0 Å². The first-order valence-electron chi connectivity index (χ1n) is 9.51. The molecule has 0 saturated carbocycles. The fraction of sp³-hybridized carbons (Fsp3) is 0.174. The summed E-state index contributed by atoms with van der Waals surface area (Å²) in [6.07, 6.45) is 0. The minimum atomic E-state index is -0.519. The number of hydrogen-bond acceptors (Lipinski definition) is 4. The van der Waals surface area contributed by atoms with Crippen molar-refractivity contribution in [3.8, 4) is 5.75 Å². The topological polar surface area (TPSA) is 81.5 Å². The number of amides is 1. The molecule has 0 saturated heterocycles. The number of carbonyl (C=O) groups is 1. The Kier molecular flexibility index (Phi) is 7.15. The first kappa shape index (κ1) is 22.6. The lowest BCUT2D eigenvalue weighted by Gasteiger charge is -2.13. The van der Waals surface area contributed by atoms with E-state index in [2.05, 4.69) is 19.2 Å². The molecule has 0 aliphatic carbocycles. The minimum absolute atomic E-state index is 0.141. The Hall–Kier alpha value is -3.09. The van der Waals surface area contributed by atoms with Crippen molar-refractivity contribution >= 4 is 40.5 Å². The molecular formula is C23H20Cl2N2O4. The van der Waals surface area contributed by atoms with Gasteiger partial charge in [-0.3, -0.25) is 14.9 Å². The molecule has 3 aromatic rings. The Morgan fingerprint density at radius 2 is 1.74 bits per heavy atom. The van der Waals surface area contributed by atoms with Crippen molar-refractivity contribution in [3.63, 3.8) is 0 Å². The van der Waals surface area contributed by atoms with Crippen LogP contribution < -0.4 is 10.1 Å². The normalized spacial score (nSPS) is 10.7. The molecule has 0 bridgehead atoms. The summed E-state index contributed by atoms with van der Waals surface area (Å²) in [5.74, 6) is 0.157. The molecule has 6 nitrogen and oxygen atoms in total. The van der Waals surface area contributed by atoms with E-state index in [4.69, 9.17) is 27.9 Å². The van der Waals surface area contributed by atoms with Crippen molar-refractivity contribution < 1.29 is 14.5 Å². The average Bonchev–Trinajstić information content (AvgIpc) is 2.75. The monoisotopic (exact) mass is 458 g/mol. The predicted molar refractivity (Wildman–Crippen MR) is 122 cm³/mol. The Labute approximate surface area is 189 Å². The second kappa shape index (κ2) is 9.81. The van der Waals surface area contributed by atoms with Crippen molar-refractivity contribution in [1.82, 2.24) is 0 Å². The molecule has 0 aromatic heterocycles. The number of halogens is 2. The fourth-order valence-corrected chi connectivity index (χ4v) is 3.14. The van der Waals surface area contributed by atoms with Crippen LogP contribution in [0.5, 0.6) is 5.75 Å². The van der Waals surface area contributed by atoms with Crippen LogP contribution in [0.15, 0.2) is 60.7 Å². The summed E-state index contributed by atoms with van der Waals surface area (Å²) >= 11 is 11.9. The molecule has 8 heteroatoms. The van der Waals surface area contributed by atoms with Crippen molar-refractivity contribution in [2.24, 2.45) is 0 Å². The maximum Gasteiger partial charge on any atom is 0.273 e. The molecule has 0 unspecified atom stereocenters. The number of hydrogen-bond donors (Lipinski definition) is 1. The summed E-state index contributed by atoms with van der Waals surface area (Å²) < 4.78 is 5.83. The largest absolute Gasteiger partial charge is 0.486 e. The number of non-ortho nitro benzene ring substituents is 1. The highest BCUT2D eigenvalue weighted by molar-refractivity contribution is 6.42. The summed E-state index contributed by atoms with van der Waals surface area (Å²) in [4.78, 5) is 23.3. The van der Waals surface area contributed by atoms with Gasteiger partial charge in [-0.1, -0.05) is 61.3 Å². The zero-order valence-electron chi connectivity index (χ0n) is 16.9. The third kappa shape index (κ3) is 5.75. The SMILES string of the molecule is CC(C)c1ccc(COc2cc([N+](=O)[O-])ccc2NC(=O)c2ccc(Cl)c(Cl)c2)cc1. The van der Waals surface area contributed by atoms with E-state index >= 15 is 0 Å². The van der Waals surface area contributed by atoms with Gasteiger partial charge in [0.1, 0.15) is 12.4 Å². The highest BCUT2D eigenvalue weighted by atomic mass is 35.5. The number of nitro benzene ring substituents is 1. The Morgan fingerprint density at radius 3 is 2.35 bits per heavy atom. The van der Waals surface area contributed by atoms with Crippen molar-refractivity contribution in [3.05, 3.63) is 97.5 Å². The molecule has 0 aliphatic rings. The zero-order chi connectivity index (χ0) is 22.5. The highest BCUT2D eigenvalue weighted by Gasteiger charge is 2.16. The number of benzene rings is 3. The van der Waals surface area contributed by atoms with Crippen LogP contribution in [0.25, 0.3) is 0 Å². The summed E-state index contributed by atoms with van der Waals surface area (Å²) in [5, 5.41) is 14.5. The number of nitro groups is 1. The van der Waals surface area contributed by atoms with Gasteiger partial charge in [0.2, 0.25) is 0 Å². The van der Waals surface area contributed by atoms with Crippen LogP contribution in [0.1, 0.15) is 41.3 Å². The molecular weight excluding hydrogens is 439 g/mol. The number of nitrogens with zero attached hydrogens (tertiary/aromatic N) is 1. The first-order valence-corrected chi connectivity index (χ1v) is 10.3. The number of anilines is 1. The highest BCUT2D eigenvalue weighted by Crippen LogP contribution is 2.31. The van der Waals surface area contributed by atoms with Gasteiger partial charge < -0.3 is 10.1 Å². The molecule has 31 heavy (non-hydrogen) atoms. The summed E-state index contributed by atoms with van der Waals surface area (Å²) in [7, 11) is 0. The molecule has 0 aliphatic heterocycles. The molecule has 3 rings (SSSR count). The molecule has 0 spiro atoms. The van der Waals surface area contributed by atoms with E-state index in [1.165, 1.54) is 42.0 Å². The quantitative estimate of drug-likeness (QED) is 0.309. The van der Waals surface area contributed by atoms with Gasteiger partial charge >= 0.3 is 0 Å². The summed E-state index contributed by atoms with van der Waals surface area (Å²) in [5.41, 5.74) is 2.56. The van der Waals surface area contributed by atoms with Crippen LogP contribution in [0.4, 0.5) is 11.4 Å². The van der Waals surface area contributed by atoms with Gasteiger partial charge in [0.25, 0.3) is 11.6 Å². The lowest BCUT2D eigenvalue weighted by molar-refractivity contribution is -0.384. The van der Waals surface area contributed by atoms with E-state index in [1.807, 2.05) is 24.3 Å². The Bertz CT molecular complexity index is 1120. The Morgan fingerprint density at radius 1 is 1.03 bits per heavy atom. The molecule has 3 aromatic carbocycles. The third-order valence-corrected chi connectivity index (χ3v) is 5.39. The van der Waals surface area contributed by atoms with Crippen LogP contribution in [-0.4, -0.2) is 10.8 Å². The van der Waals surface area contributed by atoms with Gasteiger partial charge in [-0.25, -0.2) is 0 Å². The lowest BCUT2D eigenvalue weighted by atomic mass is 10.0. The molecule has 160 valence electrons. The van der Waals surface area contributed by atoms with Gasteiger partial charge in [0.05, 0.1) is 26.7 Å². The van der Waals surface area contributed by atoms with E-state index in [9.17, 15) is 14.9 Å². The fourth-order valence-electron chi connectivity index (χ4n) is 2.84. The molecule has 0 radical (unpaired) electrons. The van der Waals surface area contributed by atoms with E-state index in [1.54, 1.807) is 0 Å². The maximum atomic E-state index is 12.6. The number of carbonyl (C=O) groups excluding carboxylic acids is 1. The van der Waals surface area contributed by atoms with Gasteiger partial charge in [-0.2, -0.15) is 0 Å². The van der Waals surface area contributed by atoms with Crippen LogP contribution in [0.3, 0.4) is 0 Å². The predicted octanol–water partition coefficient (Wildman–Crippen LogP) is 6.86. The maximum absolute atomic E-state index is 12.6. The van der Waals surface area contributed by atoms with Crippen molar-refractivity contribution in [2.75, 3.05) is 5.32 Å². The van der Waals surface area contributed by atoms with E-state index < -0.39 is 10.8 Å². The third-order valence-electron chi connectivity index (χ3n) is 4.65. The average molecular weight is 459 g/mol. The second-order valence-electron chi connectivity index (χ2n) is 7.21. The van der Waals surface area contributed by atoms with Crippen molar-refractivity contribution in [1.29, 1.82) is 0 Å². The standard InChI is InChI=1S/C23H20Cl2N2O4/c1-14(2)16-5-3-15(4-6-16)13-31-22-12-18(27(29)30)8-10-21(22)26-23(28)17-7-9-19(24)20(25)11-17/h3-12,14H,13H2,1-2H3,(H,26,28). The van der Waals surface area contributed by atoms with Crippen LogP contribution in [0, 0.1) is 10.1 Å². The molecule has 0 heterocycles. The van der Waals surface area contributed by atoms with Crippen LogP contribution >= 0.6 is 23.2 Å². The summed E-state index contributed by atoms with van der Waals surface area (Å²) in [6, 6.07) is 16.4. The molecule has 1 N–H and O–H groups in total. The first-order chi connectivity index (χ1) is 14.7. The summed E-state index contributed by atoms with van der Waals surface area (Å²) in [6.45, 7) is 4.41. The second-order valence-corrected chi connectivity index (χ2v) is 8.02. The molecule has 0 atom stereocenters. The van der Waals surface area contributed by atoms with Crippen LogP contribution in [-0.2, 0) is 6.61 Å². The molecule has 1 amide bonds. The molecule has 0 fully saturated rings. The van der Waals surface area contributed by atoms with Gasteiger partial charge in [0, 0.05) is 11.6 Å². The van der Waals surface area contributed by atoms with E-state index in [-0.39, 0.29) is 23.1 Å². The minimum Gasteiger partial charge on any atom is -0.486 e. The smallest absolute Gasteiger partial charge is 0.273 e. The van der Waals surface area contributed by atoms with Crippen LogP contribution in [0.2, 0.25) is 10.0 Å². The number of rotatable bonds is 7. The van der Waals surface area contributed by atoms with Gasteiger partial charge in [-0.05, 0) is 41.3 Å². The van der Waals surface area contributed by atoms with Gasteiger partial charge in [-0.15, -0.1) is 0 Å².